The van der Waals surface area contributed by atoms with Crippen LogP contribution in [0.1, 0.15) is 30.9 Å². The molecule has 2 unspecified atom stereocenters. The van der Waals surface area contributed by atoms with E-state index in [-0.39, 0.29) is 34.8 Å². The van der Waals surface area contributed by atoms with E-state index in [2.05, 4.69) is 15.3 Å². The second-order valence-electron chi connectivity index (χ2n) is 9.61. The molecule has 3 N–H and O–H groups in total. The summed E-state index contributed by atoms with van der Waals surface area (Å²) >= 11 is 0. The predicted molar refractivity (Wildman–Crippen MR) is 140 cm³/mol. The second kappa shape index (κ2) is 10.8. The van der Waals surface area contributed by atoms with Gasteiger partial charge in [0.15, 0.2) is 17.3 Å². The number of fused-ring (bicyclic) bond motifs is 1. The number of nitrogens with zero attached hydrogens (tertiary/aromatic N) is 4. The number of ether oxygens (including phenoxy) is 2. The van der Waals surface area contributed by atoms with E-state index in [1.807, 2.05) is 40.1 Å². The summed E-state index contributed by atoms with van der Waals surface area (Å²) in [5, 5.41) is 3.74. The maximum atomic E-state index is 15.4. The Balaban J connectivity index is 1.48. The molecule has 37 heavy (non-hydrogen) atoms. The topological polar surface area (TPSA) is 106 Å². The summed E-state index contributed by atoms with van der Waals surface area (Å²) in [4.78, 5) is 26.3. The molecule has 2 aromatic carbocycles. The first-order valence-electron chi connectivity index (χ1n) is 12.7. The van der Waals surface area contributed by atoms with Crippen LogP contribution >= 0.6 is 0 Å². The monoisotopic (exact) mass is 508 g/mol. The average Bonchev–Trinajstić information content (AvgIpc) is 2.94. The standard InChI is InChI=1S/C27H33FN6O3/c1-36-21-14-19-24(23(28)25(21)37-2)31-27(32-26(19)29)34-12-11-33(16-20(34)18-8-4-3-5-9-18)22(35)13-17-7-6-10-30-15-17/h3-5,8-9,14,17,20,30H,6-7,10-13,15-16H2,1-2H3,(H2,29,31,32). The Morgan fingerprint density at radius 1 is 1.19 bits per heavy atom. The number of piperazine rings is 1. The van der Waals surface area contributed by atoms with Crippen LogP contribution < -0.4 is 25.4 Å². The van der Waals surface area contributed by atoms with Crippen molar-refractivity contribution in [2.24, 2.45) is 5.92 Å². The number of nitrogens with two attached hydrogens (primary N) is 1. The Hall–Kier alpha value is -3.66. The fourth-order valence-electron chi connectivity index (χ4n) is 5.35. The molecular formula is C27H33FN6O3. The first-order valence-corrected chi connectivity index (χ1v) is 12.7. The Labute approximate surface area is 215 Å². The van der Waals surface area contributed by atoms with Gasteiger partial charge in [-0.1, -0.05) is 30.3 Å². The SMILES string of the molecule is COc1cc2c(N)nc(N3CCN(C(=O)CC4CCCNC4)CC3c3ccccc3)nc2c(F)c1OC. The summed E-state index contributed by atoms with van der Waals surface area (Å²) in [7, 11) is 2.81. The van der Waals surface area contributed by atoms with Crippen LogP contribution in [0.5, 0.6) is 11.5 Å². The molecular weight excluding hydrogens is 475 g/mol. The van der Waals surface area contributed by atoms with Crippen molar-refractivity contribution in [3.63, 3.8) is 0 Å². The number of methoxy groups -OCH3 is 2. The van der Waals surface area contributed by atoms with Crippen LogP contribution in [0.2, 0.25) is 0 Å². The number of nitrogen functional groups attached to an aromatic ring is 1. The van der Waals surface area contributed by atoms with Crippen molar-refractivity contribution < 1.29 is 18.7 Å². The molecule has 0 bridgehead atoms. The highest BCUT2D eigenvalue weighted by atomic mass is 19.1. The third-order valence-electron chi connectivity index (χ3n) is 7.33. The molecule has 1 amide bonds. The smallest absolute Gasteiger partial charge is 0.228 e. The van der Waals surface area contributed by atoms with Gasteiger partial charge in [0.05, 0.1) is 20.3 Å². The minimum atomic E-state index is -0.654. The average molecular weight is 509 g/mol. The number of benzene rings is 2. The number of nitrogens with one attached hydrogen (secondary N) is 1. The third kappa shape index (κ3) is 4.98. The molecule has 0 aliphatic carbocycles. The predicted octanol–water partition coefficient (Wildman–Crippen LogP) is 3.15. The highest BCUT2D eigenvalue weighted by Crippen LogP contribution is 2.39. The molecule has 2 saturated heterocycles. The van der Waals surface area contributed by atoms with Crippen LogP contribution in [0.3, 0.4) is 0 Å². The van der Waals surface area contributed by atoms with E-state index in [1.54, 1.807) is 6.07 Å². The maximum absolute atomic E-state index is 15.4. The van der Waals surface area contributed by atoms with Gasteiger partial charge in [0.25, 0.3) is 0 Å². The molecule has 2 atom stereocenters. The Bertz CT molecular complexity index is 1270. The van der Waals surface area contributed by atoms with Gasteiger partial charge < -0.3 is 30.3 Å². The number of rotatable bonds is 6. The van der Waals surface area contributed by atoms with Crippen molar-refractivity contribution in [3.8, 4) is 11.5 Å². The zero-order valence-electron chi connectivity index (χ0n) is 21.2. The van der Waals surface area contributed by atoms with Crippen LogP contribution in [0.25, 0.3) is 10.9 Å². The minimum absolute atomic E-state index is 0.0359. The molecule has 5 rings (SSSR count). The third-order valence-corrected chi connectivity index (χ3v) is 7.33. The molecule has 1 aromatic heterocycles. The van der Waals surface area contributed by atoms with Gasteiger partial charge in [0.2, 0.25) is 11.9 Å². The molecule has 2 aliphatic heterocycles. The summed E-state index contributed by atoms with van der Waals surface area (Å²) in [6.07, 6.45) is 2.72. The number of hydrogen-bond donors (Lipinski definition) is 2. The first-order chi connectivity index (χ1) is 18.0. The van der Waals surface area contributed by atoms with Crippen molar-refractivity contribution in [1.29, 1.82) is 0 Å². The summed E-state index contributed by atoms with van der Waals surface area (Å²) in [6, 6.07) is 11.3. The number of carbonyl (C=O) groups excluding carboxylic acids is 1. The van der Waals surface area contributed by atoms with Crippen LogP contribution in [-0.2, 0) is 4.79 Å². The normalized spacial score (nSPS) is 20.2. The summed E-state index contributed by atoms with van der Waals surface area (Å²) < 4.78 is 25.9. The molecule has 3 heterocycles. The van der Waals surface area contributed by atoms with E-state index in [9.17, 15) is 4.79 Å². The summed E-state index contributed by atoms with van der Waals surface area (Å²) in [6.45, 7) is 3.41. The molecule has 196 valence electrons. The van der Waals surface area contributed by atoms with E-state index in [0.717, 1.165) is 31.5 Å². The number of anilines is 2. The van der Waals surface area contributed by atoms with Gasteiger partial charge >= 0.3 is 0 Å². The summed E-state index contributed by atoms with van der Waals surface area (Å²) in [5.74, 6) is 0.523. The van der Waals surface area contributed by atoms with Gasteiger partial charge in [0.1, 0.15) is 11.3 Å². The fraction of sp³-hybridized carbons (Fsp3) is 0.444. The lowest BCUT2D eigenvalue weighted by Gasteiger charge is -2.42. The van der Waals surface area contributed by atoms with E-state index >= 15 is 4.39 Å². The first kappa shape index (κ1) is 25.0. The van der Waals surface area contributed by atoms with E-state index in [4.69, 9.17) is 15.2 Å². The highest BCUT2D eigenvalue weighted by molar-refractivity contribution is 5.92. The molecule has 3 aromatic rings. The van der Waals surface area contributed by atoms with Gasteiger partial charge in [-0.15, -0.1) is 0 Å². The van der Waals surface area contributed by atoms with E-state index in [1.165, 1.54) is 14.2 Å². The Kier molecular flexibility index (Phi) is 7.27. The number of aromatic nitrogens is 2. The Morgan fingerprint density at radius 3 is 2.70 bits per heavy atom. The van der Waals surface area contributed by atoms with Crippen LogP contribution in [0.15, 0.2) is 36.4 Å². The van der Waals surface area contributed by atoms with Gasteiger partial charge in [-0.25, -0.2) is 9.37 Å². The van der Waals surface area contributed by atoms with Crippen LogP contribution in [-0.4, -0.2) is 67.7 Å². The van der Waals surface area contributed by atoms with E-state index in [0.29, 0.717) is 43.3 Å². The maximum Gasteiger partial charge on any atom is 0.228 e. The lowest BCUT2D eigenvalue weighted by atomic mass is 9.95. The highest BCUT2D eigenvalue weighted by Gasteiger charge is 2.34. The van der Waals surface area contributed by atoms with Crippen LogP contribution in [0, 0.1) is 11.7 Å². The van der Waals surface area contributed by atoms with Gasteiger partial charge in [-0.05, 0) is 43.5 Å². The molecule has 0 radical (unpaired) electrons. The van der Waals surface area contributed by atoms with E-state index < -0.39 is 5.82 Å². The lowest BCUT2D eigenvalue weighted by molar-refractivity contribution is -0.133. The number of hydrogen-bond acceptors (Lipinski definition) is 8. The molecule has 0 spiro atoms. The van der Waals surface area contributed by atoms with Gasteiger partial charge in [-0.2, -0.15) is 4.98 Å². The van der Waals surface area contributed by atoms with Crippen LogP contribution in [0.4, 0.5) is 16.2 Å². The number of halogens is 1. The number of amides is 1. The molecule has 9 nitrogen and oxygen atoms in total. The number of carbonyl (C=O) groups is 1. The van der Waals surface area contributed by atoms with Gasteiger partial charge in [-0.3, -0.25) is 4.79 Å². The zero-order valence-corrected chi connectivity index (χ0v) is 21.2. The van der Waals surface area contributed by atoms with Crippen molar-refractivity contribution in [3.05, 3.63) is 47.8 Å². The number of piperidine rings is 1. The molecule has 2 aliphatic rings. The molecule has 0 saturated carbocycles. The lowest BCUT2D eigenvalue weighted by Crippen LogP contribution is -2.51. The summed E-state index contributed by atoms with van der Waals surface area (Å²) in [5.41, 5.74) is 7.39. The largest absolute Gasteiger partial charge is 0.493 e. The fourth-order valence-corrected chi connectivity index (χ4v) is 5.35. The van der Waals surface area contributed by atoms with Crippen molar-refractivity contribution >= 4 is 28.6 Å². The second-order valence-corrected chi connectivity index (χ2v) is 9.61. The van der Waals surface area contributed by atoms with Crippen molar-refractivity contribution in [2.45, 2.75) is 25.3 Å². The zero-order chi connectivity index (χ0) is 25.9. The Morgan fingerprint density at radius 2 is 2.00 bits per heavy atom. The van der Waals surface area contributed by atoms with Crippen molar-refractivity contribution in [1.82, 2.24) is 20.2 Å². The molecule has 10 heteroatoms. The van der Waals surface area contributed by atoms with Gasteiger partial charge in [0, 0.05) is 31.4 Å². The van der Waals surface area contributed by atoms with Crippen molar-refractivity contribution in [2.75, 3.05) is 57.6 Å². The minimum Gasteiger partial charge on any atom is -0.493 e. The quantitative estimate of drug-likeness (QED) is 0.523. The molecule has 2 fully saturated rings.